The first-order valence-corrected chi connectivity index (χ1v) is 5.32. The minimum atomic E-state index is -1.11. The molecule has 92 valence electrons. The summed E-state index contributed by atoms with van der Waals surface area (Å²) in [5.74, 6) is -1.49. The van der Waals surface area contributed by atoms with E-state index >= 15 is 0 Å². The molecule has 16 heavy (non-hydrogen) atoms. The fraction of sp³-hybridized carbons (Fsp3) is 0.800. The third-order valence-corrected chi connectivity index (χ3v) is 2.26. The molecule has 1 amide bonds. The van der Waals surface area contributed by atoms with Crippen molar-refractivity contribution in [3.63, 3.8) is 0 Å². The molecule has 0 radical (unpaired) electrons. The molecular formula is C10H17NO5. The Bertz CT molecular complexity index is 250. The topological polar surface area (TPSA) is 84.9 Å². The maximum atomic E-state index is 10.8. The molecule has 1 aliphatic heterocycles. The van der Waals surface area contributed by atoms with E-state index in [9.17, 15) is 9.59 Å². The molecule has 0 aromatic heterocycles. The highest BCUT2D eigenvalue weighted by Gasteiger charge is 2.22. The maximum absolute atomic E-state index is 10.8. The molecule has 1 saturated heterocycles. The van der Waals surface area contributed by atoms with Gasteiger partial charge in [0.15, 0.2) is 12.3 Å². The van der Waals surface area contributed by atoms with Crippen LogP contribution in [0, 0.1) is 0 Å². The van der Waals surface area contributed by atoms with Crippen molar-refractivity contribution in [1.29, 1.82) is 0 Å². The zero-order valence-corrected chi connectivity index (χ0v) is 9.27. The molecule has 1 heterocycles. The molecule has 2 N–H and O–H groups in total. The van der Waals surface area contributed by atoms with Crippen LogP contribution in [0.15, 0.2) is 0 Å². The van der Waals surface area contributed by atoms with Crippen molar-refractivity contribution in [3.8, 4) is 0 Å². The first-order valence-electron chi connectivity index (χ1n) is 5.32. The number of carbonyl (C=O) groups is 2. The Kier molecular flexibility index (Phi) is 5.21. The van der Waals surface area contributed by atoms with Crippen molar-refractivity contribution in [3.05, 3.63) is 0 Å². The summed E-state index contributed by atoms with van der Waals surface area (Å²) >= 11 is 0. The van der Waals surface area contributed by atoms with Gasteiger partial charge < -0.3 is 19.9 Å². The van der Waals surface area contributed by atoms with Gasteiger partial charge >= 0.3 is 5.97 Å². The number of rotatable bonds is 5. The Hall–Kier alpha value is -1.14. The van der Waals surface area contributed by atoms with Crippen molar-refractivity contribution in [2.45, 2.75) is 38.5 Å². The van der Waals surface area contributed by atoms with Gasteiger partial charge in [0.1, 0.15) is 0 Å². The molecule has 0 saturated carbocycles. The summed E-state index contributed by atoms with van der Waals surface area (Å²) in [6.45, 7) is 1.84. The van der Waals surface area contributed by atoms with Gasteiger partial charge in [-0.3, -0.25) is 4.79 Å². The van der Waals surface area contributed by atoms with Crippen LogP contribution < -0.4 is 5.32 Å². The van der Waals surface area contributed by atoms with E-state index in [1.807, 2.05) is 0 Å². The van der Waals surface area contributed by atoms with E-state index in [0.717, 1.165) is 19.3 Å². The van der Waals surface area contributed by atoms with Crippen LogP contribution in [0.5, 0.6) is 0 Å². The number of carbonyl (C=O) groups excluding carboxylic acids is 1. The van der Waals surface area contributed by atoms with Gasteiger partial charge in [0.25, 0.3) is 0 Å². The van der Waals surface area contributed by atoms with E-state index in [0.29, 0.717) is 6.61 Å². The highest BCUT2D eigenvalue weighted by Crippen LogP contribution is 2.13. The summed E-state index contributed by atoms with van der Waals surface area (Å²) in [6.07, 6.45) is 2.45. The molecule has 0 bridgehead atoms. The summed E-state index contributed by atoms with van der Waals surface area (Å²) < 4.78 is 10.6. The van der Waals surface area contributed by atoms with E-state index in [2.05, 4.69) is 5.32 Å². The summed E-state index contributed by atoms with van der Waals surface area (Å²) in [5.41, 5.74) is 0. The van der Waals surface area contributed by atoms with E-state index < -0.39 is 12.0 Å². The minimum Gasteiger partial charge on any atom is -0.480 e. The first kappa shape index (κ1) is 12.9. The molecular weight excluding hydrogens is 214 g/mol. The van der Waals surface area contributed by atoms with Gasteiger partial charge in [-0.2, -0.15) is 0 Å². The van der Waals surface area contributed by atoms with Gasteiger partial charge in [-0.1, -0.05) is 0 Å². The van der Waals surface area contributed by atoms with Crippen molar-refractivity contribution in [2.75, 3.05) is 13.2 Å². The van der Waals surface area contributed by atoms with Crippen LogP contribution in [0.25, 0.3) is 0 Å². The van der Waals surface area contributed by atoms with Gasteiger partial charge in [0, 0.05) is 13.5 Å². The largest absolute Gasteiger partial charge is 0.480 e. The second kappa shape index (κ2) is 6.44. The Morgan fingerprint density at radius 1 is 1.56 bits per heavy atom. The number of carboxylic acids is 1. The fourth-order valence-corrected chi connectivity index (χ4v) is 1.47. The van der Waals surface area contributed by atoms with Gasteiger partial charge in [0.05, 0.1) is 6.61 Å². The zero-order valence-electron chi connectivity index (χ0n) is 9.27. The smallest absolute Gasteiger partial charge is 0.328 e. The SMILES string of the molecule is CC(=O)NC(COC1CCCCO1)C(=O)O. The summed E-state index contributed by atoms with van der Waals surface area (Å²) in [5, 5.41) is 11.1. The number of carboxylic acid groups (broad SMARTS) is 1. The molecule has 6 heteroatoms. The lowest BCUT2D eigenvalue weighted by Crippen LogP contribution is -2.44. The van der Waals surface area contributed by atoms with Gasteiger partial charge in [-0.05, 0) is 19.3 Å². The van der Waals surface area contributed by atoms with Gasteiger partial charge in [-0.25, -0.2) is 4.79 Å². The Morgan fingerprint density at radius 3 is 2.81 bits per heavy atom. The lowest BCUT2D eigenvalue weighted by Gasteiger charge is -2.24. The molecule has 1 fully saturated rings. The first-order chi connectivity index (χ1) is 7.59. The zero-order chi connectivity index (χ0) is 12.0. The van der Waals surface area contributed by atoms with E-state index in [1.165, 1.54) is 6.92 Å². The number of hydrogen-bond acceptors (Lipinski definition) is 4. The number of aliphatic carboxylic acids is 1. The Labute approximate surface area is 93.9 Å². The molecule has 0 spiro atoms. The second-order valence-electron chi connectivity index (χ2n) is 3.72. The minimum absolute atomic E-state index is 0.0699. The standard InChI is InChI=1S/C10H17NO5/c1-7(12)11-8(10(13)14)6-16-9-4-2-3-5-15-9/h8-9H,2-6H2,1H3,(H,11,12)(H,13,14). The van der Waals surface area contributed by atoms with Crippen LogP contribution in [0.3, 0.4) is 0 Å². The molecule has 2 atom stereocenters. The lowest BCUT2D eigenvalue weighted by atomic mass is 10.2. The summed E-state index contributed by atoms with van der Waals surface area (Å²) in [7, 11) is 0. The number of nitrogens with one attached hydrogen (secondary N) is 1. The summed E-state index contributed by atoms with van der Waals surface area (Å²) in [4.78, 5) is 21.5. The third kappa shape index (κ3) is 4.59. The number of ether oxygens (including phenoxy) is 2. The predicted octanol–water partition coefficient (Wildman–Crippen LogP) is 0.119. The number of hydrogen-bond donors (Lipinski definition) is 2. The Balaban J connectivity index is 2.30. The van der Waals surface area contributed by atoms with Gasteiger partial charge in [-0.15, -0.1) is 0 Å². The van der Waals surface area contributed by atoms with Crippen LogP contribution in [-0.4, -0.2) is 42.5 Å². The average Bonchev–Trinajstić information content (AvgIpc) is 2.25. The monoisotopic (exact) mass is 231 g/mol. The Morgan fingerprint density at radius 2 is 2.31 bits per heavy atom. The van der Waals surface area contributed by atoms with Crippen LogP contribution in [-0.2, 0) is 19.1 Å². The summed E-state index contributed by atoms with van der Waals surface area (Å²) in [6, 6.07) is -1.01. The molecule has 1 rings (SSSR count). The normalized spacial score (nSPS) is 22.4. The second-order valence-corrected chi connectivity index (χ2v) is 3.72. The highest BCUT2D eigenvalue weighted by atomic mass is 16.7. The molecule has 0 aromatic rings. The highest BCUT2D eigenvalue weighted by molar-refractivity contribution is 5.82. The van der Waals surface area contributed by atoms with Crippen LogP contribution in [0.4, 0.5) is 0 Å². The average molecular weight is 231 g/mol. The van der Waals surface area contributed by atoms with Crippen LogP contribution in [0.2, 0.25) is 0 Å². The molecule has 0 aliphatic carbocycles. The molecule has 2 unspecified atom stereocenters. The van der Waals surface area contributed by atoms with Crippen molar-refractivity contribution < 1.29 is 24.2 Å². The van der Waals surface area contributed by atoms with Crippen LogP contribution in [0.1, 0.15) is 26.2 Å². The van der Waals surface area contributed by atoms with E-state index in [1.54, 1.807) is 0 Å². The molecule has 0 aromatic carbocycles. The fourth-order valence-electron chi connectivity index (χ4n) is 1.47. The van der Waals surface area contributed by atoms with E-state index in [4.69, 9.17) is 14.6 Å². The molecule has 1 aliphatic rings. The van der Waals surface area contributed by atoms with Gasteiger partial charge in [0.2, 0.25) is 5.91 Å². The predicted molar refractivity (Wildman–Crippen MR) is 54.8 cm³/mol. The van der Waals surface area contributed by atoms with Crippen molar-refractivity contribution in [2.24, 2.45) is 0 Å². The number of amides is 1. The van der Waals surface area contributed by atoms with Crippen molar-refractivity contribution in [1.82, 2.24) is 5.32 Å². The lowest BCUT2D eigenvalue weighted by molar-refractivity contribution is -0.172. The maximum Gasteiger partial charge on any atom is 0.328 e. The van der Waals surface area contributed by atoms with E-state index in [-0.39, 0.29) is 18.8 Å². The molecule has 6 nitrogen and oxygen atoms in total. The third-order valence-electron chi connectivity index (χ3n) is 2.26. The quantitative estimate of drug-likeness (QED) is 0.702. The van der Waals surface area contributed by atoms with Crippen molar-refractivity contribution >= 4 is 11.9 Å². The van der Waals surface area contributed by atoms with Crippen LogP contribution >= 0.6 is 0 Å².